The van der Waals surface area contributed by atoms with E-state index in [0.29, 0.717) is 0 Å². The summed E-state index contributed by atoms with van der Waals surface area (Å²) >= 11 is 0. The van der Waals surface area contributed by atoms with E-state index < -0.39 is 48.9 Å². The molecule has 5 heteroatoms. The SMILES string of the molecule is [2H]C(C(=O)[C@](O)(C([2H])c1ccccc1)[C@@](O)(C([2H])c1ccccc1)[C@H](O)CO)c1ccccc1. The molecule has 0 heterocycles. The summed E-state index contributed by atoms with van der Waals surface area (Å²) in [6.45, 7) is -1.09. The summed E-state index contributed by atoms with van der Waals surface area (Å²) in [6, 6.07) is 23.4. The first-order chi connectivity index (χ1) is 16.2. The standard InChI is InChI=1S/C26H28O5/c27-19-24(29)26(31,18-22-14-8-3-9-15-22)25(30,17-21-12-6-2-7-13-21)23(28)16-20-10-4-1-5-11-20/h1-15,24,27,29-31H,16-19H2/t24-,25-,26-/m1/s1/i16D,17D,18D/t16?,17?,18?,24-,25-,26-. The summed E-state index contributed by atoms with van der Waals surface area (Å²) in [5.74, 6) is -1.27. The number of hydrogen-bond donors (Lipinski definition) is 4. The van der Waals surface area contributed by atoms with Crippen molar-refractivity contribution in [3.63, 3.8) is 0 Å². The van der Waals surface area contributed by atoms with Gasteiger partial charge in [-0.25, -0.2) is 0 Å². The van der Waals surface area contributed by atoms with Crippen LogP contribution < -0.4 is 0 Å². The van der Waals surface area contributed by atoms with Gasteiger partial charge in [0.1, 0.15) is 11.7 Å². The summed E-state index contributed by atoms with van der Waals surface area (Å²) in [6.07, 6.45) is -7.64. The Morgan fingerprint density at radius 3 is 1.65 bits per heavy atom. The summed E-state index contributed by atoms with van der Waals surface area (Å²) < 4.78 is 26.2. The van der Waals surface area contributed by atoms with Crippen LogP contribution >= 0.6 is 0 Å². The number of ketones is 1. The van der Waals surface area contributed by atoms with Gasteiger partial charge in [-0.1, -0.05) is 91.0 Å². The van der Waals surface area contributed by atoms with E-state index in [1.807, 2.05) is 0 Å². The number of Topliss-reactive ketones (excluding diaryl/α,β-unsaturated/α-hetero) is 1. The van der Waals surface area contributed by atoms with Crippen LogP contribution in [0.2, 0.25) is 0 Å². The molecule has 0 amide bonds. The van der Waals surface area contributed by atoms with Gasteiger partial charge in [-0.3, -0.25) is 4.79 Å². The zero-order valence-corrected chi connectivity index (χ0v) is 16.9. The van der Waals surface area contributed by atoms with Gasteiger partial charge in [-0.05, 0) is 16.7 Å². The minimum Gasteiger partial charge on any atom is -0.394 e. The topological polar surface area (TPSA) is 98.0 Å². The molecule has 3 aromatic carbocycles. The molecule has 0 saturated heterocycles. The Morgan fingerprint density at radius 1 is 0.774 bits per heavy atom. The second-order valence-corrected chi connectivity index (χ2v) is 7.32. The molecular formula is C26H28O5. The molecule has 6 atom stereocenters. The van der Waals surface area contributed by atoms with Crippen molar-refractivity contribution in [1.82, 2.24) is 0 Å². The Kier molecular flexibility index (Phi) is 6.09. The second kappa shape index (κ2) is 9.98. The van der Waals surface area contributed by atoms with Crippen molar-refractivity contribution in [2.75, 3.05) is 6.61 Å². The Bertz CT molecular complexity index is 1070. The van der Waals surface area contributed by atoms with Gasteiger partial charge in [0.05, 0.1) is 6.61 Å². The number of hydrogen-bond acceptors (Lipinski definition) is 5. The molecule has 3 aromatic rings. The molecule has 5 nitrogen and oxygen atoms in total. The zero-order valence-electron chi connectivity index (χ0n) is 19.9. The van der Waals surface area contributed by atoms with E-state index in [4.69, 9.17) is 4.11 Å². The van der Waals surface area contributed by atoms with Crippen LogP contribution in [0.1, 0.15) is 20.8 Å². The van der Waals surface area contributed by atoms with Gasteiger partial charge < -0.3 is 20.4 Å². The van der Waals surface area contributed by atoms with Crippen molar-refractivity contribution in [3.8, 4) is 0 Å². The van der Waals surface area contributed by atoms with Crippen LogP contribution in [-0.4, -0.2) is 50.1 Å². The van der Waals surface area contributed by atoms with Gasteiger partial charge in [0.2, 0.25) is 0 Å². The molecule has 0 aliphatic heterocycles. The molecule has 0 saturated carbocycles. The normalized spacial score (nSPS) is 20.6. The lowest BCUT2D eigenvalue weighted by atomic mass is 9.68. The number of rotatable bonds is 10. The first-order valence-corrected chi connectivity index (χ1v) is 9.89. The quantitative estimate of drug-likeness (QED) is 0.400. The van der Waals surface area contributed by atoms with Crippen molar-refractivity contribution in [2.45, 2.75) is 36.5 Å². The lowest BCUT2D eigenvalue weighted by molar-refractivity contribution is -0.209. The molecule has 31 heavy (non-hydrogen) atoms. The molecule has 162 valence electrons. The highest BCUT2D eigenvalue weighted by atomic mass is 16.4. The zero-order chi connectivity index (χ0) is 24.9. The number of carbonyl (C=O) groups is 1. The molecule has 0 spiro atoms. The van der Waals surface area contributed by atoms with Crippen LogP contribution in [0.25, 0.3) is 0 Å². The van der Waals surface area contributed by atoms with Crippen molar-refractivity contribution in [2.24, 2.45) is 0 Å². The Labute approximate surface area is 186 Å². The second-order valence-electron chi connectivity index (χ2n) is 7.32. The fourth-order valence-electron chi connectivity index (χ4n) is 3.39. The largest absolute Gasteiger partial charge is 0.394 e. The maximum atomic E-state index is 13.8. The molecule has 3 unspecified atom stereocenters. The molecule has 0 aliphatic carbocycles. The maximum absolute atomic E-state index is 13.8. The van der Waals surface area contributed by atoms with Gasteiger partial charge in [0.15, 0.2) is 11.4 Å². The molecule has 3 rings (SSSR count). The lowest BCUT2D eigenvalue weighted by Crippen LogP contribution is -2.68. The Balaban J connectivity index is 2.25. The number of aliphatic hydroxyl groups is 4. The molecule has 0 radical (unpaired) electrons. The Morgan fingerprint density at radius 2 is 1.19 bits per heavy atom. The van der Waals surface area contributed by atoms with E-state index in [-0.39, 0.29) is 16.7 Å². The van der Waals surface area contributed by atoms with Crippen LogP contribution in [0.15, 0.2) is 91.0 Å². The van der Waals surface area contributed by atoms with Gasteiger partial charge in [-0.2, -0.15) is 0 Å². The third-order valence-electron chi connectivity index (χ3n) is 5.13. The van der Waals surface area contributed by atoms with E-state index in [2.05, 4.69) is 0 Å². The van der Waals surface area contributed by atoms with E-state index in [9.17, 15) is 25.2 Å². The summed E-state index contributed by atoms with van der Waals surface area (Å²) in [5, 5.41) is 44.4. The maximum Gasteiger partial charge on any atom is 0.172 e. The van der Waals surface area contributed by atoms with Crippen LogP contribution in [-0.2, 0) is 24.0 Å². The fourth-order valence-corrected chi connectivity index (χ4v) is 3.39. The van der Waals surface area contributed by atoms with Crippen molar-refractivity contribution >= 4 is 5.78 Å². The van der Waals surface area contributed by atoms with Crippen LogP contribution in [0, 0.1) is 0 Å². The fraction of sp³-hybridized carbons (Fsp3) is 0.269. The summed E-state index contributed by atoms with van der Waals surface area (Å²) in [7, 11) is 0. The van der Waals surface area contributed by atoms with Crippen molar-refractivity contribution in [1.29, 1.82) is 0 Å². The summed E-state index contributed by atoms with van der Waals surface area (Å²) in [4.78, 5) is 13.8. The highest BCUT2D eigenvalue weighted by Crippen LogP contribution is 2.35. The molecule has 4 N–H and O–H groups in total. The van der Waals surface area contributed by atoms with Crippen LogP contribution in [0.4, 0.5) is 0 Å². The lowest BCUT2D eigenvalue weighted by Gasteiger charge is -2.45. The molecule has 0 bridgehead atoms. The van der Waals surface area contributed by atoms with E-state index in [1.165, 1.54) is 36.4 Å². The average molecular weight is 424 g/mol. The predicted molar refractivity (Wildman–Crippen MR) is 118 cm³/mol. The molecule has 0 fully saturated rings. The first-order valence-electron chi connectivity index (χ1n) is 11.6. The molecule has 0 aromatic heterocycles. The van der Waals surface area contributed by atoms with Crippen LogP contribution in [0.3, 0.4) is 0 Å². The van der Waals surface area contributed by atoms with Gasteiger partial charge in [0, 0.05) is 23.3 Å². The minimum atomic E-state index is -3.15. The number of aliphatic hydroxyl groups excluding tert-OH is 2. The predicted octanol–water partition coefficient (Wildman–Crippen LogP) is 2.10. The smallest absolute Gasteiger partial charge is 0.172 e. The van der Waals surface area contributed by atoms with E-state index >= 15 is 0 Å². The summed E-state index contributed by atoms with van der Waals surface area (Å²) in [5.41, 5.74) is -5.72. The number of benzene rings is 3. The van der Waals surface area contributed by atoms with Crippen molar-refractivity contribution in [3.05, 3.63) is 108 Å². The first kappa shape index (κ1) is 18.9. The van der Waals surface area contributed by atoms with E-state index in [0.717, 1.165) is 0 Å². The Hall–Kier alpha value is -2.83. The van der Waals surface area contributed by atoms with Gasteiger partial charge in [0.25, 0.3) is 0 Å². The van der Waals surface area contributed by atoms with Crippen molar-refractivity contribution < 1.29 is 29.3 Å². The van der Waals surface area contributed by atoms with Crippen LogP contribution in [0.5, 0.6) is 0 Å². The van der Waals surface area contributed by atoms with Gasteiger partial charge in [-0.15, -0.1) is 0 Å². The monoisotopic (exact) mass is 423 g/mol. The van der Waals surface area contributed by atoms with E-state index in [1.54, 1.807) is 54.6 Å². The molecular weight excluding hydrogens is 392 g/mol. The molecule has 0 aliphatic rings. The highest BCUT2D eigenvalue weighted by molar-refractivity contribution is 5.91. The number of carbonyl (C=O) groups excluding carboxylic acids is 1. The highest BCUT2D eigenvalue weighted by Gasteiger charge is 2.57. The third kappa shape index (κ3) is 5.09. The minimum absolute atomic E-state index is 0.127. The third-order valence-corrected chi connectivity index (χ3v) is 5.13. The average Bonchev–Trinajstić information content (AvgIpc) is 2.91. The van der Waals surface area contributed by atoms with Gasteiger partial charge >= 0.3 is 0 Å².